The number of guanidine groups is 1. The van der Waals surface area contributed by atoms with Gasteiger partial charge in [-0.05, 0) is 38.8 Å². The maximum Gasteiger partial charge on any atom is 0.191 e. The number of nitrogens with one attached hydrogen (secondary N) is 2. The molecule has 1 aromatic rings. The molecular formula is C19H33IN4O. The average Bonchev–Trinajstić information content (AvgIpc) is 2.61. The fraction of sp³-hybridized carbons (Fsp3) is 0.632. The highest BCUT2D eigenvalue weighted by Gasteiger charge is 2.19. The van der Waals surface area contributed by atoms with Gasteiger partial charge in [-0.3, -0.25) is 4.99 Å². The lowest BCUT2D eigenvalue weighted by Gasteiger charge is -2.32. The van der Waals surface area contributed by atoms with Crippen molar-refractivity contribution in [1.29, 1.82) is 0 Å². The number of rotatable bonds is 7. The third kappa shape index (κ3) is 7.40. The lowest BCUT2D eigenvalue weighted by molar-refractivity contribution is 0.206. The fourth-order valence-electron chi connectivity index (χ4n) is 3.13. The molecule has 1 aromatic carbocycles. The van der Waals surface area contributed by atoms with Crippen LogP contribution in [0.3, 0.4) is 0 Å². The summed E-state index contributed by atoms with van der Waals surface area (Å²) in [6.07, 6.45) is 3.59. The third-order valence-electron chi connectivity index (χ3n) is 4.41. The molecule has 25 heavy (non-hydrogen) atoms. The highest BCUT2D eigenvalue weighted by atomic mass is 127. The van der Waals surface area contributed by atoms with Crippen LogP contribution >= 0.6 is 24.0 Å². The van der Waals surface area contributed by atoms with Crippen LogP contribution in [-0.4, -0.2) is 50.2 Å². The highest BCUT2D eigenvalue weighted by molar-refractivity contribution is 14.0. The highest BCUT2D eigenvalue weighted by Crippen LogP contribution is 2.17. The van der Waals surface area contributed by atoms with Gasteiger partial charge in [0.25, 0.3) is 0 Å². The molecule has 2 rings (SSSR count). The molecular weight excluding hydrogens is 427 g/mol. The number of benzene rings is 1. The lowest BCUT2D eigenvalue weighted by atomic mass is 10.1. The van der Waals surface area contributed by atoms with Gasteiger partial charge < -0.3 is 20.3 Å². The summed E-state index contributed by atoms with van der Waals surface area (Å²) in [7, 11) is 1.83. The summed E-state index contributed by atoms with van der Waals surface area (Å²) in [6.45, 7) is 9.22. The van der Waals surface area contributed by atoms with E-state index < -0.39 is 0 Å². The molecule has 1 heterocycles. The quantitative estimate of drug-likeness (QED) is 0.373. The zero-order valence-electron chi connectivity index (χ0n) is 15.8. The number of hydrogen-bond acceptors (Lipinski definition) is 3. The number of nitrogens with zero attached hydrogens (tertiary/aromatic N) is 2. The van der Waals surface area contributed by atoms with Crippen molar-refractivity contribution in [2.45, 2.75) is 45.7 Å². The van der Waals surface area contributed by atoms with Crippen LogP contribution in [0.4, 0.5) is 0 Å². The number of halogens is 1. The Bertz CT molecular complexity index is 516. The summed E-state index contributed by atoms with van der Waals surface area (Å²) in [4.78, 5) is 6.92. The summed E-state index contributed by atoms with van der Waals surface area (Å²) < 4.78 is 5.68. The smallest absolute Gasteiger partial charge is 0.191 e. The Morgan fingerprint density at radius 3 is 2.60 bits per heavy atom. The molecule has 1 fully saturated rings. The summed E-state index contributed by atoms with van der Waals surface area (Å²) in [5, 5.41) is 6.97. The molecule has 1 saturated heterocycles. The van der Waals surface area contributed by atoms with Crippen molar-refractivity contribution < 1.29 is 4.74 Å². The Labute approximate surface area is 169 Å². The van der Waals surface area contributed by atoms with Gasteiger partial charge in [0.15, 0.2) is 5.96 Å². The van der Waals surface area contributed by atoms with Crippen LogP contribution in [-0.2, 0) is 6.54 Å². The van der Waals surface area contributed by atoms with Gasteiger partial charge in [-0.2, -0.15) is 0 Å². The minimum absolute atomic E-state index is 0. The zero-order chi connectivity index (χ0) is 17.2. The van der Waals surface area contributed by atoms with Crippen molar-refractivity contribution in [2.24, 2.45) is 4.99 Å². The van der Waals surface area contributed by atoms with E-state index in [0.29, 0.717) is 19.2 Å². The second-order valence-electron chi connectivity index (χ2n) is 6.23. The van der Waals surface area contributed by atoms with Gasteiger partial charge in [-0.15, -0.1) is 24.0 Å². The first-order valence-electron chi connectivity index (χ1n) is 9.17. The molecule has 0 unspecified atom stereocenters. The van der Waals surface area contributed by atoms with Crippen LogP contribution in [0.2, 0.25) is 0 Å². The number of ether oxygens (including phenoxy) is 1. The normalized spacial score (nSPS) is 16.2. The Morgan fingerprint density at radius 2 is 1.96 bits per heavy atom. The van der Waals surface area contributed by atoms with E-state index in [-0.39, 0.29) is 24.0 Å². The number of aliphatic imine (C=N–C) groups is 1. The molecule has 2 N–H and O–H groups in total. The molecule has 0 atom stereocenters. The first kappa shape index (κ1) is 22.0. The molecule has 6 heteroatoms. The summed E-state index contributed by atoms with van der Waals surface area (Å²) in [6, 6.07) is 8.66. The molecule has 0 amide bonds. The first-order chi connectivity index (χ1) is 11.8. The largest absolute Gasteiger partial charge is 0.494 e. The Hall–Kier alpha value is -1.02. The van der Waals surface area contributed by atoms with Gasteiger partial charge >= 0.3 is 0 Å². The zero-order valence-corrected chi connectivity index (χ0v) is 18.1. The molecule has 0 aliphatic carbocycles. The Morgan fingerprint density at radius 1 is 1.24 bits per heavy atom. The molecule has 0 bridgehead atoms. The SMILES string of the molecule is CCCN1CCC(NC(=NC)NCc2ccccc2OCC)CC1.I. The van der Waals surface area contributed by atoms with E-state index in [0.717, 1.165) is 17.3 Å². The minimum Gasteiger partial charge on any atom is -0.494 e. The predicted molar refractivity (Wildman–Crippen MR) is 116 cm³/mol. The van der Waals surface area contributed by atoms with Gasteiger partial charge in [0.05, 0.1) is 6.61 Å². The average molecular weight is 460 g/mol. The Balaban J connectivity index is 0.00000312. The molecule has 0 spiro atoms. The number of likely N-dealkylation sites (tertiary alicyclic amines) is 1. The fourth-order valence-corrected chi connectivity index (χ4v) is 3.13. The first-order valence-corrected chi connectivity index (χ1v) is 9.17. The van der Waals surface area contributed by atoms with Crippen LogP contribution in [0.15, 0.2) is 29.3 Å². The van der Waals surface area contributed by atoms with Crippen molar-refractivity contribution in [3.8, 4) is 5.75 Å². The van der Waals surface area contributed by atoms with Crippen LogP contribution in [0.5, 0.6) is 5.75 Å². The summed E-state index contributed by atoms with van der Waals surface area (Å²) >= 11 is 0. The van der Waals surface area contributed by atoms with Crippen LogP contribution < -0.4 is 15.4 Å². The molecule has 1 aliphatic heterocycles. The maximum atomic E-state index is 5.68. The molecule has 0 aromatic heterocycles. The number of piperidine rings is 1. The van der Waals surface area contributed by atoms with Crippen molar-refractivity contribution >= 4 is 29.9 Å². The van der Waals surface area contributed by atoms with E-state index >= 15 is 0 Å². The van der Waals surface area contributed by atoms with Gasteiger partial charge in [0, 0.05) is 38.3 Å². The second kappa shape index (κ2) is 12.4. The number of para-hydroxylation sites is 1. The van der Waals surface area contributed by atoms with Gasteiger partial charge in [-0.1, -0.05) is 25.1 Å². The van der Waals surface area contributed by atoms with E-state index in [1.165, 1.54) is 38.9 Å². The van der Waals surface area contributed by atoms with Crippen LogP contribution in [0.25, 0.3) is 0 Å². The van der Waals surface area contributed by atoms with E-state index in [2.05, 4.69) is 33.5 Å². The summed E-state index contributed by atoms with van der Waals surface area (Å²) in [5.74, 6) is 1.81. The second-order valence-corrected chi connectivity index (χ2v) is 6.23. The van der Waals surface area contributed by atoms with E-state index in [1.54, 1.807) is 0 Å². The topological polar surface area (TPSA) is 48.9 Å². The maximum absolute atomic E-state index is 5.68. The Kier molecular flexibility index (Phi) is 10.9. The minimum atomic E-state index is 0. The van der Waals surface area contributed by atoms with Crippen molar-refractivity contribution in [3.63, 3.8) is 0 Å². The van der Waals surface area contributed by atoms with Gasteiger partial charge in [0.1, 0.15) is 5.75 Å². The van der Waals surface area contributed by atoms with Gasteiger partial charge in [-0.25, -0.2) is 0 Å². The van der Waals surface area contributed by atoms with Crippen LogP contribution in [0, 0.1) is 0 Å². The van der Waals surface area contributed by atoms with Crippen molar-refractivity contribution in [3.05, 3.63) is 29.8 Å². The van der Waals surface area contributed by atoms with Crippen molar-refractivity contribution in [1.82, 2.24) is 15.5 Å². The van der Waals surface area contributed by atoms with E-state index in [4.69, 9.17) is 4.74 Å². The van der Waals surface area contributed by atoms with E-state index in [1.807, 2.05) is 32.2 Å². The molecule has 1 aliphatic rings. The molecule has 5 nitrogen and oxygen atoms in total. The third-order valence-corrected chi connectivity index (χ3v) is 4.41. The van der Waals surface area contributed by atoms with E-state index in [9.17, 15) is 0 Å². The molecule has 0 saturated carbocycles. The summed E-state index contributed by atoms with van der Waals surface area (Å²) in [5.41, 5.74) is 1.15. The predicted octanol–water partition coefficient (Wildman–Crippen LogP) is 3.24. The van der Waals surface area contributed by atoms with Crippen LogP contribution in [0.1, 0.15) is 38.7 Å². The van der Waals surface area contributed by atoms with Gasteiger partial charge in [0.2, 0.25) is 0 Å². The standard InChI is InChI=1S/C19H32N4O.HI/c1-4-12-23-13-10-17(11-14-23)22-19(20-3)21-15-16-8-6-7-9-18(16)24-5-2;/h6-9,17H,4-5,10-15H2,1-3H3,(H2,20,21,22);1H. The monoisotopic (exact) mass is 460 g/mol. The lowest BCUT2D eigenvalue weighted by Crippen LogP contribution is -2.48. The molecule has 0 radical (unpaired) electrons. The molecule has 142 valence electrons. The van der Waals surface area contributed by atoms with Crippen molar-refractivity contribution in [2.75, 3.05) is 33.3 Å². The number of hydrogen-bond donors (Lipinski definition) is 2.